The third kappa shape index (κ3) is 6.23. The third-order valence-electron chi connectivity index (χ3n) is 5.15. The zero-order valence-electron chi connectivity index (χ0n) is 14.0. The van der Waals surface area contributed by atoms with Crippen LogP contribution >= 0.6 is 11.5 Å². The summed E-state index contributed by atoms with van der Waals surface area (Å²) in [6.45, 7) is 2.35. The fourth-order valence-electron chi connectivity index (χ4n) is 3.66. The number of hydrogen-bond donors (Lipinski definition) is 0. The molecular weight excluding hydrogens is 294 g/mol. The van der Waals surface area contributed by atoms with E-state index in [0.29, 0.717) is 11.8 Å². The lowest BCUT2D eigenvalue weighted by Gasteiger charge is -2.17. The summed E-state index contributed by atoms with van der Waals surface area (Å²) in [5, 5.41) is 0. The van der Waals surface area contributed by atoms with E-state index in [2.05, 4.69) is 11.3 Å². The lowest BCUT2D eigenvalue weighted by atomic mass is 9.89. The molecule has 0 N–H and O–H groups in total. The molecule has 1 aromatic heterocycles. The minimum atomic E-state index is -0.250. The van der Waals surface area contributed by atoms with Crippen LogP contribution in [0.25, 0.3) is 0 Å². The molecule has 0 amide bonds. The first kappa shape index (κ1) is 17.7. The molecule has 0 saturated heterocycles. The van der Waals surface area contributed by atoms with E-state index in [1.54, 1.807) is 0 Å². The van der Waals surface area contributed by atoms with E-state index in [1.165, 1.54) is 70.6 Å². The maximum absolute atomic E-state index is 11.2. The highest BCUT2D eigenvalue weighted by Gasteiger charge is 2.17. The van der Waals surface area contributed by atoms with Gasteiger partial charge in [0.25, 0.3) is 0 Å². The predicted octanol–water partition coefficient (Wildman–Crippen LogP) is 5.90. The maximum Gasteiger partial charge on any atom is 0.414 e. The summed E-state index contributed by atoms with van der Waals surface area (Å²) in [5.74, 6) is 2.03. The molecule has 1 aromatic rings. The van der Waals surface area contributed by atoms with Gasteiger partial charge in [-0.1, -0.05) is 77.6 Å². The average Bonchev–Trinajstić information content (AvgIpc) is 2.95. The summed E-state index contributed by atoms with van der Waals surface area (Å²) in [6.07, 6.45) is 17.0. The average molecular weight is 326 g/mol. The molecule has 2 rings (SSSR count). The van der Waals surface area contributed by atoms with E-state index in [-0.39, 0.29) is 4.94 Å². The Labute approximate surface area is 138 Å². The van der Waals surface area contributed by atoms with Crippen molar-refractivity contribution in [2.45, 2.75) is 96.3 Å². The number of nitrogens with zero attached hydrogens (tertiary/aromatic N) is 1. The zero-order chi connectivity index (χ0) is 15.6. The second-order valence-corrected chi connectivity index (χ2v) is 7.53. The highest BCUT2D eigenvalue weighted by Crippen LogP contribution is 2.29. The highest BCUT2D eigenvalue weighted by molar-refractivity contribution is 7.02. The molecule has 0 radical (unpaired) electrons. The third-order valence-corrected chi connectivity index (χ3v) is 5.66. The van der Waals surface area contributed by atoms with Crippen molar-refractivity contribution in [2.24, 2.45) is 5.92 Å². The summed E-state index contributed by atoms with van der Waals surface area (Å²) in [4.78, 5) is 11.0. The van der Waals surface area contributed by atoms with Crippen LogP contribution in [0.2, 0.25) is 0 Å². The number of aromatic nitrogens is 1. The molecule has 0 atom stereocenters. The Kier molecular flexibility index (Phi) is 8.21. The Morgan fingerprint density at radius 1 is 0.955 bits per heavy atom. The van der Waals surface area contributed by atoms with Crippen molar-refractivity contribution in [3.63, 3.8) is 0 Å². The van der Waals surface area contributed by atoms with Gasteiger partial charge in [-0.15, -0.1) is 0 Å². The van der Waals surface area contributed by atoms with E-state index in [9.17, 15) is 4.79 Å². The van der Waals surface area contributed by atoms with E-state index in [1.807, 2.05) is 0 Å². The number of rotatable bonds is 2. The molecule has 0 bridgehead atoms. The van der Waals surface area contributed by atoms with Gasteiger partial charge >= 0.3 is 4.94 Å². The summed E-state index contributed by atoms with van der Waals surface area (Å²) in [6, 6.07) is 0. The van der Waals surface area contributed by atoms with E-state index in [0.717, 1.165) is 30.3 Å². The Bertz CT molecular complexity index is 438. The van der Waals surface area contributed by atoms with Gasteiger partial charge in [0.15, 0.2) is 0 Å². The molecule has 0 unspecified atom stereocenters. The van der Waals surface area contributed by atoms with Gasteiger partial charge < -0.3 is 4.42 Å². The van der Waals surface area contributed by atoms with Gasteiger partial charge in [0.1, 0.15) is 0 Å². The molecule has 3 nitrogen and oxygen atoms in total. The van der Waals surface area contributed by atoms with Crippen LogP contribution in [0, 0.1) is 5.92 Å². The van der Waals surface area contributed by atoms with Gasteiger partial charge in [0.05, 0.1) is 0 Å². The van der Waals surface area contributed by atoms with Crippen LogP contribution in [0.4, 0.5) is 0 Å². The van der Waals surface area contributed by atoms with Gasteiger partial charge in [-0.2, -0.15) is 4.37 Å². The molecule has 1 saturated carbocycles. The van der Waals surface area contributed by atoms with Crippen molar-refractivity contribution >= 4 is 11.5 Å². The van der Waals surface area contributed by atoms with E-state index >= 15 is 0 Å². The molecule has 0 aliphatic heterocycles. The quantitative estimate of drug-likeness (QED) is 0.679. The maximum atomic E-state index is 11.2. The van der Waals surface area contributed by atoms with Crippen LogP contribution in [-0.2, 0) is 0 Å². The van der Waals surface area contributed by atoms with Gasteiger partial charge in [-0.05, 0) is 18.8 Å². The Balaban J connectivity index is 1.85. The Hall–Kier alpha value is -0.640. The van der Waals surface area contributed by atoms with Crippen LogP contribution in [-0.4, -0.2) is 4.37 Å². The van der Waals surface area contributed by atoms with Crippen LogP contribution in [0.5, 0.6) is 0 Å². The van der Waals surface area contributed by atoms with Gasteiger partial charge in [-0.3, -0.25) is 0 Å². The minimum Gasteiger partial charge on any atom is -0.398 e. The van der Waals surface area contributed by atoms with E-state index in [4.69, 9.17) is 4.42 Å². The molecule has 22 heavy (non-hydrogen) atoms. The van der Waals surface area contributed by atoms with Crippen LogP contribution in [0.3, 0.4) is 0 Å². The summed E-state index contributed by atoms with van der Waals surface area (Å²) in [7, 11) is 0. The van der Waals surface area contributed by atoms with Gasteiger partial charge in [-0.25, -0.2) is 4.79 Å². The highest BCUT2D eigenvalue weighted by atomic mass is 32.1. The lowest BCUT2D eigenvalue weighted by molar-refractivity contribution is 0.361. The summed E-state index contributed by atoms with van der Waals surface area (Å²) in [5.41, 5.74) is 0. The standard InChI is InChI=1S/C18H31NO2S/c1-2-15-11-7-3-5-9-13-16(14-10-6-4-8-12-15)17-19-22-18(20)21-17/h15-16H,2-14H2,1H3. The molecule has 0 aromatic carbocycles. The first-order valence-corrected chi connectivity index (χ1v) is 10.0. The van der Waals surface area contributed by atoms with E-state index < -0.39 is 0 Å². The molecule has 4 heteroatoms. The molecule has 1 aliphatic carbocycles. The number of hydrogen-bond acceptors (Lipinski definition) is 4. The van der Waals surface area contributed by atoms with Crippen LogP contribution < -0.4 is 4.94 Å². The topological polar surface area (TPSA) is 43.1 Å². The normalized spacial score (nSPS) is 26.4. The SMILES string of the molecule is CCC1CCCCCCC(c2nsc(=O)o2)CCCCCC1. The summed E-state index contributed by atoms with van der Waals surface area (Å²) >= 11 is 0.963. The van der Waals surface area contributed by atoms with Crippen molar-refractivity contribution < 1.29 is 4.42 Å². The lowest BCUT2D eigenvalue weighted by Crippen LogP contribution is -2.03. The second kappa shape index (κ2) is 10.2. The van der Waals surface area contributed by atoms with Gasteiger partial charge in [0, 0.05) is 17.5 Å². The van der Waals surface area contributed by atoms with Crippen molar-refractivity contribution in [1.82, 2.24) is 4.37 Å². The van der Waals surface area contributed by atoms with Crippen molar-refractivity contribution in [1.29, 1.82) is 0 Å². The van der Waals surface area contributed by atoms with Crippen molar-refractivity contribution in [2.75, 3.05) is 0 Å². The first-order chi connectivity index (χ1) is 10.8. The minimum absolute atomic E-state index is 0.250. The van der Waals surface area contributed by atoms with Crippen molar-refractivity contribution in [3.8, 4) is 0 Å². The molecule has 1 heterocycles. The largest absolute Gasteiger partial charge is 0.414 e. The summed E-state index contributed by atoms with van der Waals surface area (Å²) < 4.78 is 9.50. The molecule has 1 fully saturated rings. The second-order valence-electron chi connectivity index (χ2n) is 6.83. The zero-order valence-corrected chi connectivity index (χ0v) is 14.8. The fraction of sp³-hybridized carbons (Fsp3) is 0.889. The predicted molar refractivity (Wildman–Crippen MR) is 92.6 cm³/mol. The van der Waals surface area contributed by atoms with Gasteiger partial charge in [0.2, 0.25) is 5.89 Å². The molecular formula is C18H31NO2S. The first-order valence-electron chi connectivity index (χ1n) is 9.26. The van der Waals surface area contributed by atoms with Crippen LogP contribution in [0.15, 0.2) is 9.21 Å². The smallest absolute Gasteiger partial charge is 0.398 e. The van der Waals surface area contributed by atoms with Crippen molar-refractivity contribution in [3.05, 3.63) is 15.6 Å². The molecule has 1 aliphatic rings. The Morgan fingerprint density at radius 3 is 1.95 bits per heavy atom. The fourth-order valence-corrected chi connectivity index (χ4v) is 4.13. The monoisotopic (exact) mass is 325 g/mol. The van der Waals surface area contributed by atoms with Crippen LogP contribution in [0.1, 0.15) is 102 Å². The Morgan fingerprint density at radius 2 is 1.50 bits per heavy atom. The molecule has 126 valence electrons. The molecule has 0 spiro atoms.